The first-order valence-corrected chi connectivity index (χ1v) is 11.2. The van der Waals surface area contributed by atoms with E-state index in [4.69, 9.17) is 0 Å². The van der Waals surface area contributed by atoms with Gasteiger partial charge in [0.1, 0.15) is 13.9 Å². The van der Waals surface area contributed by atoms with E-state index in [9.17, 15) is 4.79 Å². The number of hydrogen-bond acceptors (Lipinski definition) is 2. The van der Waals surface area contributed by atoms with Crippen LogP contribution in [0.15, 0.2) is 40.9 Å². The largest absolute Gasteiger partial charge is 0.300 e. The summed E-state index contributed by atoms with van der Waals surface area (Å²) in [5.41, 5.74) is 0. The van der Waals surface area contributed by atoms with Crippen LogP contribution in [0.1, 0.15) is 27.2 Å². The van der Waals surface area contributed by atoms with Crippen LogP contribution in [0, 0.1) is 5.92 Å². The van der Waals surface area contributed by atoms with Crippen LogP contribution in [-0.4, -0.2) is 19.6 Å². The average molecular weight is 307 g/mol. The molecule has 0 fully saturated rings. The van der Waals surface area contributed by atoms with Crippen molar-refractivity contribution in [1.82, 2.24) is 0 Å². The number of Topliss-reactive ketones (excluding diaryl/α,β-unsaturated/α-hetero) is 1. The number of benzene rings is 1. The second-order valence-electron chi connectivity index (χ2n) is 6.07. The molecule has 0 atom stereocenters. The Bertz CT molecular complexity index is 463. The molecule has 1 nitrogen and oxygen atoms in total. The third-order valence-corrected chi connectivity index (χ3v) is 9.30. The summed E-state index contributed by atoms with van der Waals surface area (Å²) in [5.74, 6) is 1.72. The number of ketones is 1. The fourth-order valence-electron chi connectivity index (χ4n) is 2.04. The quantitative estimate of drug-likeness (QED) is 0.695. The smallest absolute Gasteiger partial charge is 0.130 e. The molecule has 0 N–H and O–H groups in total. The van der Waals surface area contributed by atoms with Crippen LogP contribution in [-0.2, 0) is 4.79 Å². The molecule has 1 aromatic rings. The zero-order valence-corrected chi connectivity index (χ0v) is 15.1. The van der Waals surface area contributed by atoms with Crippen molar-refractivity contribution in [2.45, 2.75) is 40.3 Å². The molecular weight excluding hydrogens is 280 g/mol. The van der Waals surface area contributed by atoms with Gasteiger partial charge in [-0.1, -0.05) is 68.5 Å². The first-order chi connectivity index (χ1) is 9.34. The van der Waals surface area contributed by atoms with E-state index in [1.54, 1.807) is 6.92 Å². The molecular formula is C17H26OSSi. The zero-order chi connectivity index (χ0) is 15.2. The van der Waals surface area contributed by atoms with Crippen molar-refractivity contribution >= 4 is 30.8 Å². The molecule has 0 aliphatic heterocycles. The van der Waals surface area contributed by atoms with Gasteiger partial charge in [-0.15, -0.1) is 11.8 Å². The van der Waals surface area contributed by atoms with Gasteiger partial charge < -0.3 is 0 Å². The lowest BCUT2D eigenvalue weighted by molar-refractivity contribution is -0.116. The highest BCUT2D eigenvalue weighted by Crippen LogP contribution is 2.29. The SMILES string of the molecule is CC(=O)CCS/C(=C\C(C)C)[Si](C)(C)c1ccccc1. The summed E-state index contributed by atoms with van der Waals surface area (Å²) in [6.45, 7) is 10.9. The van der Waals surface area contributed by atoms with Gasteiger partial charge in [-0.3, -0.25) is 4.79 Å². The highest BCUT2D eigenvalue weighted by molar-refractivity contribution is 8.05. The first-order valence-electron chi connectivity index (χ1n) is 7.24. The number of carbonyl (C=O) groups is 1. The van der Waals surface area contributed by atoms with Crippen LogP contribution in [0.4, 0.5) is 0 Å². The Kier molecular flexibility index (Phi) is 6.76. The van der Waals surface area contributed by atoms with Gasteiger partial charge in [-0.25, -0.2) is 0 Å². The summed E-state index contributed by atoms with van der Waals surface area (Å²) in [4.78, 5) is 11.1. The molecule has 20 heavy (non-hydrogen) atoms. The molecule has 0 saturated carbocycles. The van der Waals surface area contributed by atoms with Crippen molar-refractivity contribution in [1.29, 1.82) is 0 Å². The van der Waals surface area contributed by atoms with E-state index >= 15 is 0 Å². The lowest BCUT2D eigenvalue weighted by Crippen LogP contribution is -2.43. The lowest BCUT2D eigenvalue weighted by atomic mass is 10.2. The maximum atomic E-state index is 11.1. The van der Waals surface area contributed by atoms with Crippen molar-refractivity contribution in [2.24, 2.45) is 5.92 Å². The van der Waals surface area contributed by atoms with Gasteiger partial charge in [0.15, 0.2) is 0 Å². The number of allylic oxidation sites excluding steroid dienone is 1. The topological polar surface area (TPSA) is 17.1 Å². The first kappa shape index (κ1) is 17.2. The second kappa shape index (κ2) is 7.84. The molecule has 1 rings (SSSR count). The van der Waals surface area contributed by atoms with Crippen molar-refractivity contribution in [2.75, 3.05) is 5.75 Å². The Hall–Kier alpha value is -0.803. The van der Waals surface area contributed by atoms with E-state index in [1.807, 2.05) is 11.8 Å². The normalized spacial score (nSPS) is 12.8. The molecule has 0 saturated heterocycles. The summed E-state index contributed by atoms with van der Waals surface area (Å²) in [5, 5.41) is 1.46. The average Bonchev–Trinajstić information content (AvgIpc) is 2.37. The molecule has 0 aliphatic carbocycles. The van der Waals surface area contributed by atoms with Gasteiger partial charge in [0.25, 0.3) is 0 Å². The second-order valence-corrected chi connectivity index (χ2v) is 11.9. The number of hydrogen-bond donors (Lipinski definition) is 0. The molecule has 110 valence electrons. The minimum atomic E-state index is -1.63. The van der Waals surface area contributed by atoms with Crippen LogP contribution < -0.4 is 5.19 Å². The summed E-state index contributed by atoms with van der Waals surface area (Å²) < 4.78 is 1.50. The van der Waals surface area contributed by atoms with Gasteiger partial charge in [-0.2, -0.15) is 0 Å². The van der Waals surface area contributed by atoms with Crippen LogP contribution >= 0.6 is 11.8 Å². The zero-order valence-electron chi connectivity index (χ0n) is 13.3. The fourth-order valence-corrected chi connectivity index (χ4v) is 7.18. The molecule has 0 unspecified atom stereocenters. The van der Waals surface area contributed by atoms with Crippen molar-refractivity contribution in [3.05, 3.63) is 40.9 Å². The van der Waals surface area contributed by atoms with E-state index in [-0.39, 0.29) is 5.78 Å². The predicted molar refractivity (Wildman–Crippen MR) is 94.2 cm³/mol. The van der Waals surface area contributed by atoms with Crippen LogP contribution in [0.3, 0.4) is 0 Å². The third-order valence-electron chi connectivity index (χ3n) is 3.31. The van der Waals surface area contributed by atoms with E-state index in [0.29, 0.717) is 12.3 Å². The maximum absolute atomic E-state index is 11.1. The highest BCUT2D eigenvalue weighted by Gasteiger charge is 2.28. The molecule has 3 heteroatoms. The van der Waals surface area contributed by atoms with Crippen LogP contribution in [0.25, 0.3) is 0 Å². The summed E-state index contributed by atoms with van der Waals surface area (Å²) >= 11 is 1.88. The van der Waals surface area contributed by atoms with E-state index in [0.717, 1.165) is 5.75 Å². The molecule has 0 spiro atoms. The Morgan fingerprint density at radius 1 is 1.25 bits per heavy atom. The lowest BCUT2D eigenvalue weighted by Gasteiger charge is -2.27. The fraction of sp³-hybridized carbons (Fsp3) is 0.471. The number of rotatable bonds is 7. The van der Waals surface area contributed by atoms with E-state index in [1.165, 1.54) is 9.72 Å². The molecule has 0 aromatic heterocycles. The van der Waals surface area contributed by atoms with Crippen LogP contribution in [0.5, 0.6) is 0 Å². The van der Waals surface area contributed by atoms with Gasteiger partial charge >= 0.3 is 0 Å². The molecule has 0 radical (unpaired) electrons. The molecule has 1 aromatic carbocycles. The van der Waals surface area contributed by atoms with Crippen molar-refractivity contribution in [3.8, 4) is 0 Å². The standard InChI is InChI=1S/C17H26OSSi/c1-14(2)13-17(19-12-11-15(3)18)20(4,5)16-9-7-6-8-10-16/h6-10,13-14H,11-12H2,1-5H3/b17-13+. The predicted octanol–water partition coefficient (Wildman–Crippen LogP) is 4.39. The highest BCUT2D eigenvalue weighted by atomic mass is 32.2. The Morgan fingerprint density at radius 2 is 1.85 bits per heavy atom. The molecule has 0 aliphatic rings. The summed E-state index contributed by atoms with van der Waals surface area (Å²) in [6.07, 6.45) is 3.06. The monoisotopic (exact) mass is 306 g/mol. The Balaban J connectivity index is 2.95. The van der Waals surface area contributed by atoms with Crippen molar-refractivity contribution < 1.29 is 4.79 Å². The Labute approximate surface area is 128 Å². The summed E-state index contributed by atoms with van der Waals surface area (Å²) in [7, 11) is -1.63. The van der Waals surface area contributed by atoms with Gasteiger partial charge in [0.05, 0.1) is 0 Å². The minimum Gasteiger partial charge on any atom is -0.300 e. The molecule has 0 amide bonds. The third kappa shape index (κ3) is 5.29. The van der Waals surface area contributed by atoms with Crippen molar-refractivity contribution in [3.63, 3.8) is 0 Å². The molecule has 0 bridgehead atoms. The summed E-state index contributed by atoms with van der Waals surface area (Å²) in [6, 6.07) is 10.8. The van der Waals surface area contributed by atoms with Gasteiger partial charge in [0.2, 0.25) is 0 Å². The van der Waals surface area contributed by atoms with E-state index in [2.05, 4.69) is 63.3 Å². The number of thioether (sulfide) groups is 1. The van der Waals surface area contributed by atoms with E-state index < -0.39 is 8.07 Å². The van der Waals surface area contributed by atoms with Gasteiger partial charge in [-0.05, 0) is 17.4 Å². The maximum Gasteiger partial charge on any atom is 0.130 e. The minimum absolute atomic E-state index is 0.278. The van der Waals surface area contributed by atoms with Gasteiger partial charge in [0, 0.05) is 12.2 Å². The molecule has 0 heterocycles. The van der Waals surface area contributed by atoms with Crippen LogP contribution in [0.2, 0.25) is 13.1 Å². The number of carbonyl (C=O) groups excluding carboxylic acids is 1. The Morgan fingerprint density at radius 3 is 2.35 bits per heavy atom.